The number of halogens is 6. The first-order valence-electron chi connectivity index (χ1n) is 3.01. The van der Waals surface area contributed by atoms with Crippen molar-refractivity contribution in [1.82, 2.24) is 0 Å². The summed E-state index contributed by atoms with van der Waals surface area (Å²) in [6, 6.07) is 0. The molecule has 13 heavy (non-hydrogen) atoms. The van der Waals surface area contributed by atoms with Crippen LogP contribution in [0.3, 0.4) is 0 Å². The summed E-state index contributed by atoms with van der Waals surface area (Å²) in [4.78, 5) is 0. The van der Waals surface area contributed by atoms with Gasteiger partial charge >= 0.3 is 12.4 Å². The Bertz CT molecular complexity index is 176. The van der Waals surface area contributed by atoms with E-state index < -0.39 is 24.4 Å². The summed E-state index contributed by atoms with van der Waals surface area (Å²) in [6.45, 7) is 2.67. The van der Waals surface area contributed by atoms with Gasteiger partial charge in [-0.25, -0.2) is 0 Å². The van der Waals surface area contributed by atoms with Crippen LogP contribution in [-0.2, 0) is 0 Å². The van der Waals surface area contributed by atoms with E-state index >= 15 is 0 Å². The Balaban J connectivity index is 5.07. The molecule has 7 heteroatoms. The van der Waals surface area contributed by atoms with E-state index in [0.717, 1.165) is 0 Å². The van der Waals surface area contributed by atoms with E-state index in [9.17, 15) is 31.4 Å². The van der Waals surface area contributed by atoms with E-state index in [-0.39, 0.29) is 0 Å². The van der Waals surface area contributed by atoms with E-state index in [1.54, 1.807) is 0 Å². The van der Waals surface area contributed by atoms with Crippen LogP contribution >= 0.6 is 0 Å². The molecule has 78 valence electrons. The average molecular weight is 207 g/mol. The third-order valence-corrected chi connectivity index (χ3v) is 1.35. The van der Waals surface area contributed by atoms with Gasteiger partial charge in [0, 0.05) is 0 Å². The molecular weight excluding hydrogens is 202 g/mol. The largest absolute Gasteiger partial charge is 0.836 e. The predicted octanol–water partition coefficient (Wildman–Crippen LogP) is 1.79. The molecule has 0 radical (unpaired) electrons. The summed E-state index contributed by atoms with van der Waals surface area (Å²) >= 11 is 0. The maximum absolute atomic E-state index is 11.7. The lowest BCUT2D eigenvalue weighted by Gasteiger charge is -2.42. The molecule has 0 aliphatic rings. The van der Waals surface area contributed by atoms with Crippen LogP contribution in [-0.4, -0.2) is 18.0 Å². The third kappa shape index (κ3) is 2.15. The smallest absolute Gasteiger partial charge is 0.388 e. The molecule has 0 unspecified atom stereocenters. The molecule has 0 aromatic carbocycles. The van der Waals surface area contributed by atoms with Gasteiger partial charge in [-0.3, -0.25) is 0 Å². The molecule has 0 aromatic heterocycles. The zero-order valence-electron chi connectivity index (χ0n) is 6.17. The Morgan fingerprint density at radius 2 is 1.31 bits per heavy atom. The van der Waals surface area contributed by atoms with Crippen LogP contribution in [0.15, 0.2) is 12.7 Å². The van der Waals surface area contributed by atoms with Crippen LogP contribution < -0.4 is 5.11 Å². The fourth-order valence-corrected chi connectivity index (χ4v) is 0.595. The highest BCUT2D eigenvalue weighted by molar-refractivity contribution is 4.96. The summed E-state index contributed by atoms with van der Waals surface area (Å²) in [7, 11) is 0. The number of hydrogen-bond donors (Lipinski definition) is 0. The lowest BCUT2D eigenvalue weighted by molar-refractivity contribution is -0.592. The maximum atomic E-state index is 11.7. The van der Waals surface area contributed by atoms with Gasteiger partial charge < -0.3 is 5.11 Å². The molecule has 0 amide bonds. The molecule has 0 fully saturated rings. The minimum Gasteiger partial charge on any atom is -0.836 e. The highest BCUT2D eigenvalue weighted by Crippen LogP contribution is 2.42. The highest BCUT2D eigenvalue weighted by Gasteiger charge is 2.61. The lowest BCUT2D eigenvalue weighted by atomic mass is 9.98. The van der Waals surface area contributed by atoms with Crippen molar-refractivity contribution < 1.29 is 31.4 Å². The molecule has 0 bridgehead atoms. The first kappa shape index (κ1) is 12.3. The second-order valence-corrected chi connectivity index (χ2v) is 2.32. The minimum absolute atomic E-state index is 0.300. The zero-order chi connectivity index (χ0) is 10.9. The first-order chi connectivity index (χ1) is 5.56. The second kappa shape index (κ2) is 3.21. The van der Waals surface area contributed by atoms with Crippen molar-refractivity contribution in [3.05, 3.63) is 12.7 Å². The normalized spacial score (nSPS) is 14.4. The molecular formula is C6H5F6O-. The van der Waals surface area contributed by atoms with Crippen LogP contribution in [0.1, 0.15) is 6.42 Å². The predicted molar refractivity (Wildman–Crippen MR) is 29.7 cm³/mol. The molecule has 0 saturated heterocycles. The minimum atomic E-state index is -5.86. The van der Waals surface area contributed by atoms with E-state index in [0.29, 0.717) is 6.08 Å². The summed E-state index contributed by atoms with van der Waals surface area (Å²) in [5, 5.41) is 10.4. The maximum Gasteiger partial charge on any atom is 0.388 e. The number of rotatable bonds is 2. The van der Waals surface area contributed by atoms with Crippen molar-refractivity contribution in [1.29, 1.82) is 0 Å². The standard InChI is InChI=1S/C6H5F6O/c1-2-3-4(13,5(7,8)9)6(10,11)12/h2H,1,3H2/q-1. The lowest BCUT2D eigenvalue weighted by Crippen LogP contribution is -2.65. The fraction of sp³-hybridized carbons (Fsp3) is 0.667. The molecule has 0 N–H and O–H groups in total. The molecule has 0 saturated carbocycles. The van der Waals surface area contributed by atoms with Gasteiger partial charge in [0.15, 0.2) is 0 Å². The van der Waals surface area contributed by atoms with Crippen molar-refractivity contribution in [2.75, 3.05) is 0 Å². The van der Waals surface area contributed by atoms with E-state index in [4.69, 9.17) is 0 Å². The Morgan fingerprint density at radius 1 is 1.00 bits per heavy atom. The van der Waals surface area contributed by atoms with Gasteiger partial charge in [-0.05, 0) is 6.42 Å². The Labute approximate surface area is 69.7 Å². The van der Waals surface area contributed by atoms with Crippen molar-refractivity contribution in [3.63, 3.8) is 0 Å². The first-order valence-corrected chi connectivity index (χ1v) is 3.01. The summed E-state index contributed by atoms with van der Waals surface area (Å²) in [6.07, 6.45) is -13.1. The second-order valence-electron chi connectivity index (χ2n) is 2.32. The van der Waals surface area contributed by atoms with Gasteiger partial charge in [0.25, 0.3) is 0 Å². The van der Waals surface area contributed by atoms with E-state index in [1.165, 1.54) is 0 Å². The van der Waals surface area contributed by atoms with Gasteiger partial charge in [-0.1, -0.05) is 6.08 Å². The molecule has 0 rings (SSSR count). The highest BCUT2D eigenvalue weighted by atomic mass is 19.4. The van der Waals surface area contributed by atoms with Crippen molar-refractivity contribution >= 4 is 0 Å². The van der Waals surface area contributed by atoms with Gasteiger partial charge in [-0.2, -0.15) is 26.3 Å². The molecule has 0 spiro atoms. The SMILES string of the molecule is C=CCC([O-])(C(F)(F)F)C(F)(F)F. The molecule has 0 aliphatic heterocycles. The van der Waals surface area contributed by atoms with Gasteiger partial charge in [0.2, 0.25) is 0 Å². The monoisotopic (exact) mass is 207 g/mol. The Hall–Kier alpha value is -0.720. The van der Waals surface area contributed by atoms with Crippen molar-refractivity contribution in [3.8, 4) is 0 Å². The summed E-state index contributed by atoms with van der Waals surface area (Å²) < 4.78 is 70.2. The molecule has 0 atom stereocenters. The van der Waals surface area contributed by atoms with Crippen LogP contribution in [0.2, 0.25) is 0 Å². The van der Waals surface area contributed by atoms with Crippen molar-refractivity contribution in [2.45, 2.75) is 24.4 Å². The molecule has 0 aromatic rings. The zero-order valence-corrected chi connectivity index (χ0v) is 6.17. The van der Waals surface area contributed by atoms with Crippen LogP contribution in [0.25, 0.3) is 0 Å². The quantitative estimate of drug-likeness (QED) is 0.500. The molecule has 0 aliphatic carbocycles. The summed E-state index contributed by atoms with van der Waals surface area (Å²) in [5.41, 5.74) is -4.94. The summed E-state index contributed by atoms with van der Waals surface area (Å²) in [5.74, 6) is 0. The number of alkyl halides is 6. The third-order valence-electron chi connectivity index (χ3n) is 1.35. The average Bonchev–Trinajstić information content (AvgIpc) is 1.82. The topological polar surface area (TPSA) is 23.1 Å². The Kier molecular flexibility index (Phi) is 3.03. The number of hydrogen-bond acceptors (Lipinski definition) is 1. The van der Waals surface area contributed by atoms with Gasteiger partial charge in [-0.15, -0.1) is 6.58 Å². The fourth-order valence-electron chi connectivity index (χ4n) is 0.595. The van der Waals surface area contributed by atoms with E-state index in [2.05, 4.69) is 6.58 Å². The molecule has 1 nitrogen and oxygen atoms in total. The Morgan fingerprint density at radius 3 is 1.38 bits per heavy atom. The van der Waals surface area contributed by atoms with Crippen LogP contribution in [0.4, 0.5) is 26.3 Å². The van der Waals surface area contributed by atoms with Crippen LogP contribution in [0, 0.1) is 0 Å². The van der Waals surface area contributed by atoms with Gasteiger partial charge in [0.1, 0.15) is 0 Å². The van der Waals surface area contributed by atoms with Gasteiger partial charge in [0.05, 0.1) is 5.60 Å². The molecule has 0 heterocycles. The van der Waals surface area contributed by atoms with Crippen molar-refractivity contribution in [2.24, 2.45) is 0 Å². The van der Waals surface area contributed by atoms with Crippen LogP contribution in [0.5, 0.6) is 0 Å². The van der Waals surface area contributed by atoms with E-state index in [1.807, 2.05) is 0 Å².